The van der Waals surface area contributed by atoms with Crippen LogP contribution >= 0.6 is 0 Å². The zero-order valence-electron chi connectivity index (χ0n) is 26.6. The quantitative estimate of drug-likeness (QED) is 0.393. The van der Waals surface area contributed by atoms with Crippen molar-refractivity contribution in [1.29, 1.82) is 0 Å². The molecule has 4 fully saturated rings. The lowest BCUT2D eigenvalue weighted by molar-refractivity contribution is -0.0355. The molecule has 0 spiro atoms. The van der Waals surface area contributed by atoms with Gasteiger partial charge >= 0.3 is 6.03 Å². The Labute approximate surface area is 274 Å². The van der Waals surface area contributed by atoms with Gasteiger partial charge in [0.2, 0.25) is 11.9 Å². The van der Waals surface area contributed by atoms with Crippen molar-refractivity contribution in [2.75, 3.05) is 106 Å². The molecule has 3 amide bonds. The van der Waals surface area contributed by atoms with E-state index >= 15 is 0 Å². The van der Waals surface area contributed by atoms with Crippen LogP contribution in [0.3, 0.4) is 0 Å². The van der Waals surface area contributed by atoms with Crippen molar-refractivity contribution in [2.24, 2.45) is 0 Å². The van der Waals surface area contributed by atoms with Gasteiger partial charge in [0.15, 0.2) is 5.82 Å². The number of hydrogen-bond acceptors (Lipinski definition) is 11. The highest BCUT2D eigenvalue weighted by Crippen LogP contribution is 2.29. The van der Waals surface area contributed by atoms with Crippen molar-refractivity contribution >= 4 is 35.2 Å². The number of nitrogens with one attached hydrogen (secondary N) is 2. The maximum Gasteiger partial charge on any atom is 0.323 e. The number of rotatable bonds is 7. The van der Waals surface area contributed by atoms with Crippen LogP contribution in [0.5, 0.6) is 0 Å². The minimum Gasteiger partial charge on any atom is -0.378 e. The number of aromatic nitrogens is 3. The first-order chi connectivity index (χ1) is 23.0. The number of likely N-dealkylation sites (N-methyl/N-ethyl adjacent to an activating group) is 1. The number of carbonyl (C=O) groups excluding carboxylic acids is 2. The fourth-order valence-electron chi connectivity index (χ4n) is 6.37. The predicted molar refractivity (Wildman–Crippen MR) is 177 cm³/mol. The summed E-state index contributed by atoms with van der Waals surface area (Å²) in [5.74, 6) is 1.81. The summed E-state index contributed by atoms with van der Waals surface area (Å²) < 4.78 is 17.2. The summed E-state index contributed by atoms with van der Waals surface area (Å²) in [6.45, 7) is 11.2. The Hall–Kier alpha value is -4.37. The summed E-state index contributed by atoms with van der Waals surface area (Å²) in [6, 6.07) is 14.1. The van der Waals surface area contributed by atoms with Crippen LogP contribution in [0.2, 0.25) is 0 Å². The second-order valence-corrected chi connectivity index (χ2v) is 12.1. The molecule has 14 nitrogen and oxygen atoms in total. The average molecular weight is 644 g/mol. The molecule has 0 saturated carbocycles. The minimum absolute atomic E-state index is 0.0148. The molecule has 3 aromatic rings. The van der Waals surface area contributed by atoms with Gasteiger partial charge in [0.25, 0.3) is 5.91 Å². The van der Waals surface area contributed by atoms with Gasteiger partial charge in [0, 0.05) is 61.8 Å². The largest absolute Gasteiger partial charge is 0.378 e. The third-order valence-corrected chi connectivity index (χ3v) is 9.06. The molecule has 0 radical (unpaired) electrons. The molecule has 0 atom stereocenters. The van der Waals surface area contributed by atoms with E-state index in [9.17, 15) is 9.59 Å². The molecule has 0 aliphatic carbocycles. The van der Waals surface area contributed by atoms with Crippen LogP contribution in [0.25, 0.3) is 11.4 Å². The Morgan fingerprint density at radius 3 is 1.89 bits per heavy atom. The van der Waals surface area contributed by atoms with Crippen LogP contribution in [-0.4, -0.2) is 134 Å². The molecule has 2 N–H and O–H groups in total. The van der Waals surface area contributed by atoms with Gasteiger partial charge in [-0.3, -0.25) is 4.79 Å². The lowest BCUT2D eigenvalue weighted by Crippen LogP contribution is -2.60. The molecule has 4 aliphatic heterocycles. The number of anilines is 4. The number of piperazine rings is 1. The van der Waals surface area contributed by atoms with Gasteiger partial charge in [-0.2, -0.15) is 15.0 Å². The normalized spacial score (nSPS) is 21.8. The minimum atomic E-state index is -0.384. The predicted octanol–water partition coefficient (Wildman–Crippen LogP) is 2.40. The van der Waals surface area contributed by atoms with E-state index in [4.69, 9.17) is 29.2 Å². The highest BCUT2D eigenvalue weighted by molar-refractivity contribution is 6.00. The Bertz CT molecular complexity index is 1520. The molecule has 5 heterocycles. The topological polar surface area (TPSA) is 138 Å². The number of urea groups is 1. The van der Waals surface area contributed by atoms with Crippen LogP contribution in [0, 0.1) is 0 Å². The summed E-state index contributed by atoms with van der Waals surface area (Å²) in [7, 11) is 0. The molecule has 4 aliphatic rings. The van der Waals surface area contributed by atoms with Crippen LogP contribution in [-0.2, 0) is 14.2 Å². The smallest absolute Gasteiger partial charge is 0.323 e. The van der Waals surface area contributed by atoms with Gasteiger partial charge in [-0.05, 0) is 55.1 Å². The Balaban J connectivity index is 1.02. The maximum atomic E-state index is 12.9. The second kappa shape index (κ2) is 14.2. The zero-order chi connectivity index (χ0) is 32.2. The lowest BCUT2D eigenvalue weighted by Gasteiger charge is -2.45. The van der Waals surface area contributed by atoms with Gasteiger partial charge in [-0.15, -0.1) is 0 Å². The molecule has 47 heavy (non-hydrogen) atoms. The number of morpholine rings is 3. The molecule has 248 valence electrons. The van der Waals surface area contributed by atoms with Gasteiger partial charge in [-0.1, -0.05) is 6.92 Å². The van der Waals surface area contributed by atoms with E-state index in [0.717, 1.165) is 38.3 Å². The molecule has 1 aromatic heterocycles. The summed E-state index contributed by atoms with van der Waals surface area (Å²) in [6.07, 6.45) is 0. The third kappa shape index (κ3) is 7.15. The average Bonchev–Trinajstić information content (AvgIpc) is 3.12. The van der Waals surface area contributed by atoms with Crippen LogP contribution in [0.4, 0.5) is 28.1 Å². The first-order valence-corrected chi connectivity index (χ1v) is 16.4. The highest BCUT2D eigenvalue weighted by Gasteiger charge is 2.38. The van der Waals surface area contributed by atoms with Crippen LogP contribution in [0.1, 0.15) is 17.3 Å². The van der Waals surface area contributed by atoms with E-state index < -0.39 is 0 Å². The molecule has 4 saturated heterocycles. The highest BCUT2D eigenvalue weighted by atomic mass is 16.5. The van der Waals surface area contributed by atoms with E-state index in [1.807, 2.05) is 29.2 Å². The molecule has 0 unspecified atom stereocenters. The Kier molecular flexibility index (Phi) is 9.42. The fourth-order valence-corrected chi connectivity index (χ4v) is 6.37. The number of fused-ring (bicyclic) bond motifs is 2. The van der Waals surface area contributed by atoms with E-state index in [1.165, 1.54) is 0 Å². The fraction of sp³-hybridized carbons (Fsp3) is 0.485. The SMILES string of the molecule is CCN1CCN(C(=O)c2ccc(NC(=O)Nc3ccc(-c4nc(N5CCOCC5)nc(N5C6COCC5COC6)n4)cc3)cc2)CC1. The van der Waals surface area contributed by atoms with E-state index in [0.29, 0.717) is 87.4 Å². The third-order valence-electron chi connectivity index (χ3n) is 9.06. The number of hydrogen-bond donors (Lipinski definition) is 2. The van der Waals surface area contributed by atoms with Crippen molar-refractivity contribution in [1.82, 2.24) is 24.8 Å². The zero-order valence-corrected chi connectivity index (χ0v) is 26.6. The van der Waals surface area contributed by atoms with Gasteiger partial charge in [-0.25, -0.2) is 4.79 Å². The first kappa shape index (κ1) is 31.2. The van der Waals surface area contributed by atoms with Crippen molar-refractivity contribution in [3.8, 4) is 11.4 Å². The van der Waals surface area contributed by atoms with E-state index in [2.05, 4.69) is 32.3 Å². The summed E-state index contributed by atoms with van der Waals surface area (Å²) in [4.78, 5) is 49.0. The second-order valence-electron chi connectivity index (χ2n) is 12.1. The molecule has 2 aromatic carbocycles. The number of amides is 3. The number of benzene rings is 2. The Morgan fingerprint density at radius 1 is 0.723 bits per heavy atom. The first-order valence-electron chi connectivity index (χ1n) is 16.4. The van der Waals surface area contributed by atoms with Crippen LogP contribution < -0.4 is 20.4 Å². The molecular weight excluding hydrogens is 602 g/mol. The molecule has 14 heteroatoms. The standard InChI is InChI=1S/C33H41N9O5/c1-2-39-11-13-40(14-12-39)30(43)24-5-9-26(10-6-24)35-33(44)34-25-7-3-23(4-8-25)29-36-31(41-15-17-45-18-16-41)38-32(37-29)42-27-19-46-21-28(42)22-47-20-27/h3-10,27-28H,2,11-22H2,1H3,(H2,34,35,44). The van der Waals surface area contributed by atoms with Crippen molar-refractivity contribution in [3.63, 3.8) is 0 Å². The van der Waals surface area contributed by atoms with Crippen molar-refractivity contribution in [3.05, 3.63) is 54.1 Å². The van der Waals surface area contributed by atoms with E-state index in [1.54, 1.807) is 24.3 Å². The van der Waals surface area contributed by atoms with E-state index in [-0.39, 0.29) is 24.0 Å². The summed E-state index contributed by atoms with van der Waals surface area (Å²) in [5.41, 5.74) is 2.63. The number of carbonyl (C=O) groups is 2. The monoisotopic (exact) mass is 643 g/mol. The van der Waals surface area contributed by atoms with Gasteiger partial charge in [0.1, 0.15) is 0 Å². The maximum absolute atomic E-state index is 12.9. The molecular formula is C33H41N9O5. The van der Waals surface area contributed by atoms with Gasteiger partial charge in [0.05, 0.1) is 51.7 Å². The molecule has 7 rings (SSSR count). The Morgan fingerprint density at radius 2 is 1.30 bits per heavy atom. The number of ether oxygens (including phenoxy) is 3. The lowest BCUT2D eigenvalue weighted by atomic mass is 10.1. The molecule has 2 bridgehead atoms. The summed E-state index contributed by atoms with van der Waals surface area (Å²) >= 11 is 0. The van der Waals surface area contributed by atoms with Gasteiger partial charge < -0.3 is 44.4 Å². The van der Waals surface area contributed by atoms with Crippen molar-refractivity contribution < 1.29 is 23.8 Å². The van der Waals surface area contributed by atoms with Crippen LogP contribution in [0.15, 0.2) is 48.5 Å². The number of nitrogens with zero attached hydrogens (tertiary/aromatic N) is 7. The van der Waals surface area contributed by atoms with Crippen molar-refractivity contribution in [2.45, 2.75) is 19.0 Å². The summed E-state index contributed by atoms with van der Waals surface area (Å²) in [5, 5.41) is 5.73.